The van der Waals surface area contributed by atoms with Crippen LogP contribution in [-0.2, 0) is 6.42 Å². The second kappa shape index (κ2) is 11.3. The lowest BCUT2D eigenvalue weighted by Gasteiger charge is -2.18. The van der Waals surface area contributed by atoms with E-state index in [-0.39, 0.29) is 0 Å². The molecule has 0 N–H and O–H groups in total. The van der Waals surface area contributed by atoms with Crippen molar-refractivity contribution in [2.24, 2.45) is 0 Å². The van der Waals surface area contributed by atoms with Crippen molar-refractivity contribution in [3.05, 3.63) is 175 Å². The Balaban J connectivity index is 1.06. The van der Waals surface area contributed by atoms with Crippen molar-refractivity contribution in [1.82, 2.24) is 0 Å². The largest absolute Gasteiger partial charge is 0.460 e. The summed E-state index contributed by atoms with van der Waals surface area (Å²) in [6.07, 6.45) is 6.44. The Morgan fingerprint density at radius 1 is 0.389 bits per heavy atom. The van der Waals surface area contributed by atoms with E-state index in [0.717, 1.165) is 57.1 Å². The number of fused-ring (bicyclic) bond motifs is 11. The van der Waals surface area contributed by atoms with E-state index in [1.165, 1.54) is 76.5 Å². The second-order valence-electron chi connectivity index (χ2n) is 14.6. The van der Waals surface area contributed by atoms with Gasteiger partial charge >= 0.3 is 0 Å². The van der Waals surface area contributed by atoms with Crippen LogP contribution in [0.2, 0.25) is 0 Å². The van der Waals surface area contributed by atoms with Gasteiger partial charge in [0, 0.05) is 28.1 Å². The van der Waals surface area contributed by atoms with Crippen molar-refractivity contribution in [3.63, 3.8) is 0 Å². The first-order valence-corrected chi connectivity index (χ1v) is 18.8. The Bertz CT molecular complexity index is 3330. The van der Waals surface area contributed by atoms with E-state index in [1.54, 1.807) is 0 Å². The predicted molar refractivity (Wildman–Crippen MR) is 227 cm³/mol. The molecule has 11 aromatic rings. The monoisotopic (exact) mass is 688 g/mol. The van der Waals surface area contributed by atoms with E-state index >= 15 is 0 Å². The number of benzene rings is 9. The summed E-state index contributed by atoms with van der Waals surface area (Å²) in [5, 5.41) is 13.2. The van der Waals surface area contributed by atoms with Crippen LogP contribution in [0, 0.1) is 0 Å². The van der Waals surface area contributed by atoms with E-state index in [2.05, 4.69) is 170 Å². The highest BCUT2D eigenvalue weighted by molar-refractivity contribution is 6.24. The van der Waals surface area contributed by atoms with Crippen molar-refractivity contribution >= 4 is 82.1 Å². The molecule has 0 saturated heterocycles. The van der Waals surface area contributed by atoms with E-state index in [4.69, 9.17) is 8.83 Å². The van der Waals surface area contributed by atoms with Crippen LogP contribution < -0.4 is 0 Å². The molecule has 2 heterocycles. The molecule has 0 aliphatic heterocycles. The summed E-state index contributed by atoms with van der Waals surface area (Å²) in [5.41, 5.74) is 11.2. The summed E-state index contributed by atoms with van der Waals surface area (Å²) in [6, 6.07) is 57.6. The molecule has 0 spiro atoms. The number of hydrogen-bond acceptors (Lipinski definition) is 2. The number of furan rings is 2. The third kappa shape index (κ3) is 4.28. The maximum absolute atomic E-state index is 6.68. The highest BCUT2D eigenvalue weighted by Crippen LogP contribution is 2.46. The third-order valence-corrected chi connectivity index (χ3v) is 11.7. The summed E-state index contributed by atoms with van der Waals surface area (Å²) in [5.74, 6) is 1.09. The topological polar surface area (TPSA) is 26.3 Å². The van der Waals surface area contributed by atoms with Crippen LogP contribution in [0.4, 0.5) is 0 Å². The summed E-state index contributed by atoms with van der Waals surface area (Å²) in [7, 11) is 0. The molecule has 0 bridgehead atoms. The van der Waals surface area contributed by atoms with Gasteiger partial charge in [0.2, 0.25) is 0 Å². The average molecular weight is 689 g/mol. The zero-order valence-electron chi connectivity index (χ0n) is 29.4. The van der Waals surface area contributed by atoms with E-state index in [0.29, 0.717) is 0 Å². The first kappa shape index (κ1) is 29.7. The maximum Gasteiger partial charge on any atom is 0.136 e. The van der Waals surface area contributed by atoms with Crippen LogP contribution in [0.1, 0.15) is 17.7 Å². The standard InChI is InChI=1S/C52H32O2/c1-2-15-36-31(11-1)12-10-21-37(36)32-13-9-14-34(27-32)50-39-17-3-5-19-41(39)51(42-20-6-4-18-40(42)50)35-23-25-43-48(29-35)54-47-26-24-33-28-45-38-16-7-8-22-46(38)53-49(45)30-44(33)52(43)47/h1-7,9-21,23-30H,8,22H2. The molecule has 252 valence electrons. The molecule has 0 radical (unpaired) electrons. The number of rotatable bonds is 3. The highest BCUT2D eigenvalue weighted by atomic mass is 16.3. The summed E-state index contributed by atoms with van der Waals surface area (Å²) in [4.78, 5) is 0. The summed E-state index contributed by atoms with van der Waals surface area (Å²) >= 11 is 0. The van der Waals surface area contributed by atoms with E-state index in [9.17, 15) is 0 Å². The average Bonchev–Trinajstić information content (AvgIpc) is 3.79. The fourth-order valence-electron chi connectivity index (χ4n) is 9.27. The molecule has 0 unspecified atom stereocenters. The quantitative estimate of drug-likeness (QED) is 0.173. The summed E-state index contributed by atoms with van der Waals surface area (Å²) < 4.78 is 13.1. The molecule has 0 fully saturated rings. The molecule has 2 aromatic heterocycles. The van der Waals surface area contributed by atoms with Crippen LogP contribution in [-0.4, -0.2) is 0 Å². The molecule has 0 amide bonds. The lowest BCUT2D eigenvalue weighted by atomic mass is 9.85. The molecule has 54 heavy (non-hydrogen) atoms. The molecule has 1 aliphatic carbocycles. The minimum Gasteiger partial charge on any atom is -0.460 e. The minimum atomic E-state index is 0.886. The van der Waals surface area contributed by atoms with Gasteiger partial charge in [-0.15, -0.1) is 0 Å². The van der Waals surface area contributed by atoms with Gasteiger partial charge in [-0.25, -0.2) is 0 Å². The van der Waals surface area contributed by atoms with Gasteiger partial charge in [-0.1, -0.05) is 133 Å². The van der Waals surface area contributed by atoms with Crippen molar-refractivity contribution in [2.45, 2.75) is 12.8 Å². The van der Waals surface area contributed by atoms with Gasteiger partial charge in [0.15, 0.2) is 0 Å². The van der Waals surface area contributed by atoms with Gasteiger partial charge in [0.05, 0.1) is 0 Å². The molecular formula is C52H32O2. The minimum absolute atomic E-state index is 0.886. The normalized spacial score (nSPS) is 13.0. The maximum atomic E-state index is 6.68. The van der Waals surface area contributed by atoms with E-state index in [1.807, 2.05) is 0 Å². The van der Waals surface area contributed by atoms with Crippen molar-refractivity contribution in [1.29, 1.82) is 0 Å². The number of hydrogen-bond donors (Lipinski definition) is 0. The van der Waals surface area contributed by atoms with Crippen LogP contribution in [0.3, 0.4) is 0 Å². The Hall–Kier alpha value is -6.90. The van der Waals surface area contributed by atoms with Gasteiger partial charge in [-0.3, -0.25) is 0 Å². The smallest absolute Gasteiger partial charge is 0.136 e. The van der Waals surface area contributed by atoms with Gasteiger partial charge in [-0.2, -0.15) is 0 Å². The predicted octanol–water partition coefficient (Wildman–Crippen LogP) is 14.9. The van der Waals surface area contributed by atoms with Crippen LogP contribution in [0.15, 0.2) is 173 Å². The van der Waals surface area contributed by atoms with Crippen molar-refractivity contribution in [2.75, 3.05) is 0 Å². The second-order valence-corrected chi connectivity index (χ2v) is 14.6. The van der Waals surface area contributed by atoms with Crippen LogP contribution in [0.25, 0.3) is 115 Å². The Labute approximate surface area is 311 Å². The summed E-state index contributed by atoms with van der Waals surface area (Å²) in [6.45, 7) is 0. The molecule has 12 rings (SSSR count). The first-order valence-electron chi connectivity index (χ1n) is 18.8. The van der Waals surface area contributed by atoms with Crippen LogP contribution >= 0.6 is 0 Å². The van der Waals surface area contributed by atoms with Crippen molar-refractivity contribution in [3.8, 4) is 33.4 Å². The van der Waals surface area contributed by atoms with E-state index < -0.39 is 0 Å². The Morgan fingerprint density at radius 3 is 1.85 bits per heavy atom. The van der Waals surface area contributed by atoms with Crippen LogP contribution in [0.5, 0.6) is 0 Å². The Kier molecular flexibility index (Phi) is 6.20. The lowest BCUT2D eigenvalue weighted by molar-refractivity contribution is 0.546. The molecular weight excluding hydrogens is 657 g/mol. The van der Waals surface area contributed by atoms with Gasteiger partial charge in [-0.05, 0) is 119 Å². The molecule has 9 aromatic carbocycles. The zero-order chi connectivity index (χ0) is 35.3. The molecule has 0 atom stereocenters. The fraction of sp³-hybridized carbons (Fsp3) is 0.0385. The van der Waals surface area contributed by atoms with Gasteiger partial charge in [0.1, 0.15) is 22.5 Å². The van der Waals surface area contributed by atoms with Crippen molar-refractivity contribution < 1.29 is 8.83 Å². The highest BCUT2D eigenvalue weighted by Gasteiger charge is 2.20. The zero-order valence-corrected chi connectivity index (χ0v) is 29.4. The molecule has 0 saturated carbocycles. The SMILES string of the molecule is C1=Cc2c(oc3cc4c(ccc5oc6cc(-c7c8ccccc8c(-c8cccc(-c9cccc%10ccccc9%10)c8)c8ccccc78)ccc6c54)cc23)CC1. The fourth-order valence-corrected chi connectivity index (χ4v) is 9.27. The third-order valence-electron chi connectivity index (χ3n) is 11.7. The first-order chi connectivity index (χ1) is 26.8. The lowest BCUT2D eigenvalue weighted by Crippen LogP contribution is -1.91. The number of allylic oxidation sites excluding steroid dienone is 1. The Morgan fingerprint density at radius 2 is 1.06 bits per heavy atom. The molecule has 2 nitrogen and oxygen atoms in total. The molecule has 2 heteroatoms. The number of aryl methyl sites for hydroxylation is 1. The van der Waals surface area contributed by atoms with Gasteiger partial charge < -0.3 is 8.83 Å². The molecule has 1 aliphatic rings. The van der Waals surface area contributed by atoms with Gasteiger partial charge in [0.25, 0.3) is 0 Å².